The van der Waals surface area contributed by atoms with Crippen molar-refractivity contribution in [3.63, 3.8) is 0 Å². The van der Waals surface area contributed by atoms with Crippen LogP contribution in [0.4, 0.5) is 0 Å². The van der Waals surface area contributed by atoms with E-state index in [1.54, 1.807) is 10.9 Å². The highest BCUT2D eigenvalue weighted by atomic mass is 35.5. The molecule has 0 radical (unpaired) electrons. The molecule has 3 heterocycles. The predicted molar refractivity (Wildman–Crippen MR) is 111 cm³/mol. The third kappa shape index (κ3) is 4.08. The Labute approximate surface area is 175 Å². The van der Waals surface area contributed by atoms with Gasteiger partial charge in [0.2, 0.25) is 5.89 Å². The van der Waals surface area contributed by atoms with Crippen molar-refractivity contribution in [1.29, 1.82) is 0 Å². The third-order valence-corrected chi connectivity index (χ3v) is 5.58. The van der Waals surface area contributed by atoms with E-state index in [4.69, 9.17) is 16.0 Å². The highest BCUT2D eigenvalue weighted by molar-refractivity contribution is 6.30. The normalized spacial score (nSPS) is 16.7. The van der Waals surface area contributed by atoms with Crippen LogP contribution in [0.2, 0.25) is 5.02 Å². The van der Waals surface area contributed by atoms with Gasteiger partial charge in [-0.2, -0.15) is 5.10 Å². The van der Waals surface area contributed by atoms with Crippen molar-refractivity contribution in [2.75, 3.05) is 6.54 Å². The zero-order chi connectivity index (χ0) is 20.5. The maximum atomic E-state index is 13.2. The summed E-state index contributed by atoms with van der Waals surface area (Å²) in [4.78, 5) is 19.5. The number of carbonyl (C=O) groups is 1. The molecule has 0 N–H and O–H groups in total. The van der Waals surface area contributed by atoms with Gasteiger partial charge in [-0.25, -0.2) is 4.98 Å². The SMILES string of the molecule is CC(C)c1cc(C(=O)N2CCC[C@H]2c2ncc(Cc3cccc(Cl)c3)o2)n(C)n1. The van der Waals surface area contributed by atoms with Crippen LogP contribution in [0, 0.1) is 0 Å². The first-order valence-corrected chi connectivity index (χ1v) is 10.3. The molecule has 1 amide bonds. The molecule has 1 aliphatic heterocycles. The molecule has 1 aromatic carbocycles. The van der Waals surface area contributed by atoms with Gasteiger partial charge < -0.3 is 9.32 Å². The van der Waals surface area contributed by atoms with Gasteiger partial charge in [-0.1, -0.05) is 37.6 Å². The molecule has 0 aliphatic carbocycles. The van der Waals surface area contributed by atoms with E-state index in [1.807, 2.05) is 42.3 Å². The number of oxazole rings is 1. The molecule has 2 aromatic heterocycles. The highest BCUT2D eigenvalue weighted by Gasteiger charge is 2.35. The molecule has 0 saturated carbocycles. The molecule has 0 unspecified atom stereocenters. The topological polar surface area (TPSA) is 64.2 Å². The van der Waals surface area contributed by atoms with Crippen molar-refractivity contribution < 1.29 is 9.21 Å². The Morgan fingerprint density at radius 3 is 2.90 bits per heavy atom. The first kappa shape index (κ1) is 19.7. The average Bonchev–Trinajstić information content (AvgIpc) is 3.40. The van der Waals surface area contributed by atoms with Crippen LogP contribution in [0.25, 0.3) is 0 Å². The van der Waals surface area contributed by atoms with E-state index >= 15 is 0 Å². The van der Waals surface area contributed by atoms with Gasteiger partial charge in [0.25, 0.3) is 5.91 Å². The number of aromatic nitrogens is 3. The summed E-state index contributed by atoms with van der Waals surface area (Å²) >= 11 is 6.07. The molecule has 0 bridgehead atoms. The van der Waals surface area contributed by atoms with Crippen molar-refractivity contribution in [1.82, 2.24) is 19.7 Å². The lowest BCUT2D eigenvalue weighted by Gasteiger charge is -2.22. The lowest BCUT2D eigenvalue weighted by molar-refractivity contribution is 0.0703. The Bertz CT molecular complexity index is 1020. The van der Waals surface area contributed by atoms with Crippen LogP contribution in [0.3, 0.4) is 0 Å². The zero-order valence-electron chi connectivity index (χ0n) is 16.9. The van der Waals surface area contributed by atoms with E-state index in [0.29, 0.717) is 29.6 Å². The first-order chi connectivity index (χ1) is 13.9. The Kier molecular flexibility index (Phi) is 5.46. The maximum Gasteiger partial charge on any atom is 0.272 e. The van der Waals surface area contributed by atoms with E-state index in [1.165, 1.54) is 0 Å². The molecular formula is C22H25ClN4O2. The van der Waals surface area contributed by atoms with Gasteiger partial charge in [-0.3, -0.25) is 9.48 Å². The molecule has 1 fully saturated rings. The van der Waals surface area contributed by atoms with Crippen molar-refractivity contribution in [2.45, 2.75) is 45.1 Å². The molecule has 1 aliphatic rings. The second-order valence-corrected chi connectivity index (χ2v) is 8.30. The van der Waals surface area contributed by atoms with Gasteiger partial charge in [0.15, 0.2) is 0 Å². The molecule has 1 saturated heterocycles. The van der Waals surface area contributed by atoms with Gasteiger partial charge in [-0.05, 0) is 42.5 Å². The summed E-state index contributed by atoms with van der Waals surface area (Å²) in [5, 5.41) is 5.18. The van der Waals surface area contributed by atoms with Gasteiger partial charge in [0.1, 0.15) is 17.5 Å². The van der Waals surface area contributed by atoms with Gasteiger partial charge in [0, 0.05) is 25.0 Å². The third-order valence-electron chi connectivity index (χ3n) is 5.35. The molecule has 3 aromatic rings. The summed E-state index contributed by atoms with van der Waals surface area (Å²) in [5.74, 6) is 1.62. The monoisotopic (exact) mass is 412 g/mol. The van der Waals surface area contributed by atoms with E-state index < -0.39 is 0 Å². The minimum absolute atomic E-state index is 0.0241. The summed E-state index contributed by atoms with van der Waals surface area (Å²) in [7, 11) is 1.82. The minimum Gasteiger partial charge on any atom is -0.443 e. The lowest BCUT2D eigenvalue weighted by Crippen LogP contribution is -2.32. The largest absolute Gasteiger partial charge is 0.443 e. The second-order valence-electron chi connectivity index (χ2n) is 7.86. The van der Waals surface area contributed by atoms with Crippen LogP contribution in [-0.4, -0.2) is 32.1 Å². The van der Waals surface area contributed by atoms with E-state index in [-0.39, 0.29) is 17.9 Å². The van der Waals surface area contributed by atoms with E-state index in [2.05, 4.69) is 23.9 Å². The number of carbonyl (C=O) groups excluding carboxylic acids is 1. The summed E-state index contributed by atoms with van der Waals surface area (Å²) in [5.41, 5.74) is 2.59. The number of halogens is 1. The molecule has 7 heteroatoms. The Balaban J connectivity index is 1.53. The number of hydrogen-bond acceptors (Lipinski definition) is 4. The summed E-state index contributed by atoms with van der Waals surface area (Å²) < 4.78 is 7.70. The van der Waals surface area contributed by atoms with Gasteiger partial charge >= 0.3 is 0 Å². The van der Waals surface area contributed by atoms with Crippen molar-refractivity contribution >= 4 is 17.5 Å². The minimum atomic E-state index is -0.145. The van der Waals surface area contributed by atoms with Crippen LogP contribution < -0.4 is 0 Å². The summed E-state index contributed by atoms with van der Waals surface area (Å²) in [6.07, 6.45) is 4.14. The molecule has 1 atom stereocenters. The Morgan fingerprint density at radius 1 is 1.34 bits per heavy atom. The molecule has 152 valence electrons. The predicted octanol–water partition coefficient (Wildman–Crippen LogP) is 4.75. The Morgan fingerprint density at radius 2 is 2.17 bits per heavy atom. The van der Waals surface area contributed by atoms with Gasteiger partial charge in [0.05, 0.1) is 11.9 Å². The summed E-state index contributed by atoms with van der Waals surface area (Å²) in [6, 6.07) is 9.45. The quantitative estimate of drug-likeness (QED) is 0.606. The summed E-state index contributed by atoms with van der Waals surface area (Å²) in [6.45, 7) is 4.84. The second kappa shape index (κ2) is 8.03. The number of aryl methyl sites for hydroxylation is 1. The molecular weight excluding hydrogens is 388 g/mol. The number of likely N-dealkylation sites (tertiary alicyclic amines) is 1. The fourth-order valence-electron chi connectivity index (χ4n) is 3.79. The van der Waals surface area contributed by atoms with Crippen LogP contribution in [0.15, 0.2) is 40.9 Å². The van der Waals surface area contributed by atoms with E-state index in [9.17, 15) is 4.79 Å². The van der Waals surface area contributed by atoms with Crippen molar-refractivity contribution in [3.8, 4) is 0 Å². The van der Waals surface area contributed by atoms with Crippen molar-refractivity contribution in [2.24, 2.45) is 7.05 Å². The zero-order valence-corrected chi connectivity index (χ0v) is 17.7. The number of amides is 1. The van der Waals surface area contributed by atoms with Crippen LogP contribution in [0.5, 0.6) is 0 Å². The van der Waals surface area contributed by atoms with Crippen molar-refractivity contribution in [3.05, 3.63) is 70.2 Å². The number of hydrogen-bond donors (Lipinski definition) is 0. The fraction of sp³-hybridized carbons (Fsp3) is 0.409. The Hall–Kier alpha value is -2.60. The standard InChI is InChI=1S/C22H25ClN4O2/c1-14(2)18-12-20(26(3)25-18)22(28)27-9-5-8-19(27)21-24-13-17(29-21)11-15-6-4-7-16(23)10-15/h4,6-7,10,12-14,19H,5,8-9,11H2,1-3H3/t19-/m0/s1. The smallest absolute Gasteiger partial charge is 0.272 e. The number of rotatable bonds is 5. The number of benzene rings is 1. The molecule has 29 heavy (non-hydrogen) atoms. The molecule has 0 spiro atoms. The number of nitrogens with zero attached hydrogens (tertiary/aromatic N) is 4. The molecule has 4 rings (SSSR count). The first-order valence-electron chi connectivity index (χ1n) is 9.96. The van der Waals surface area contributed by atoms with Gasteiger partial charge in [-0.15, -0.1) is 0 Å². The fourth-order valence-corrected chi connectivity index (χ4v) is 4.00. The highest BCUT2D eigenvalue weighted by Crippen LogP contribution is 2.33. The van der Waals surface area contributed by atoms with Crippen LogP contribution in [-0.2, 0) is 13.5 Å². The van der Waals surface area contributed by atoms with E-state index in [0.717, 1.165) is 29.9 Å². The van der Waals surface area contributed by atoms with Crippen LogP contribution in [0.1, 0.15) is 72.0 Å². The molecule has 6 nitrogen and oxygen atoms in total. The lowest BCUT2D eigenvalue weighted by atomic mass is 10.1. The van der Waals surface area contributed by atoms with Crippen LogP contribution >= 0.6 is 11.6 Å². The maximum absolute atomic E-state index is 13.2. The average molecular weight is 413 g/mol.